The van der Waals surface area contributed by atoms with Crippen LogP contribution in [0.3, 0.4) is 0 Å². The van der Waals surface area contributed by atoms with Crippen molar-refractivity contribution < 1.29 is 14.2 Å². The summed E-state index contributed by atoms with van der Waals surface area (Å²) in [5.41, 5.74) is 0. The number of hydrogen-bond donors (Lipinski definition) is 2. The Kier molecular flexibility index (Phi) is 13.0. The summed E-state index contributed by atoms with van der Waals surface area (Å²) < 4.78 is 16.2. The zero-order valence-electron chi connectivity index (χ0n) is 18.1. The zero-order chi connectivity index (χ0) is 20.2. The van der Waals surface area contributed by atoms with E-state index in [1.54, 1.807) is 14.2 Å². The van der Waals surface area contributed by atoms with E-state index in [1.165, 1.54) is 0 Å². The van der Waals surface area contributed by atoms with Gasteiger partial charge in [0, 0.05) is 46.4 Å². The van der Waals surface area contributed by atoms with Crippen molar-refractivity contribution in [1.82, 2.24) is 15.5 Å². The molecular weight excluding hydrogens is 483 g/mol. The third kappa shape index (κ3) is 9.86. The molecule has 0 saturated carbocycles. The van der Waals surface area contributed by atoms with Crippen LogP contribution in [0.5, 0.6) is 11.5 Å². The molecule has 29 heavy (non-hydrogen) atoms. The highest BCUT2D eigenvalue weighted by molar-refractivity contribution is 14.0. The lowest BCUT2D eigenvalue weighted by molar-refractivity contribution is 0.155. The number of nitrogens with zero attached hydrogens (tertiary/aromatic N) is 2. The molecule has 7 nitrogen and oxygen atoms in total. The molecule has 1 aliphatic heterocycles. The maximum Gasteiger partial charge on any atom is 0.191 e. The second-order valence-electron chi connectivity index (χ2n) is 7.16. The molecule has 1 heterocycles. The molecule has 0 amide bonds. The molecule has 1 aromatic carbocycles. The highest BCUT2D eigenvalue weighted by Crippen LogP contribution is 2.18. The Morgan fingerprint density at radius 3 is 2.41 bits per heavy atom. The number of methoxy groups -OCH3 is 2. The Bertz CT molecular complexity index is 578. The molecule has 2 N–H and O–H groups in total. The van der Waals surface area contributed by atoms with Crippen LogP contribution in [0.25, 0.3) is 0 Å². The van der Waals surface area contributed by atoms with Crippen molar-refractivity contribution in [1.29, 1.82) is 0 Å². The van der Waals surface area contributed by atoms with Crippen molar-refractivity contribution in [3.8, 4) is 11.5 Å². The van der Waals surface area contributed by atoms with Gasteiger partial charge in [-0.15, -0.1) is 24.0 Å². The molecule has 2 rings (SSSR count). The second kappa shape index (κ2) is 14.7. The largest absolute Gasteiger partial charge is 0.497 e. The monoisotopic (exact) mass is 520 g/mol. The van der Waals surface area contributed by atoms with Gasteiger partial charge in [0.25, 0.3) is 0 Å². The Balaban J connectivity index is 0.00000420. The minimum absolute atomic E-state index is 0. The number of nitrogens with one attached hydrogen (secondary N) is 2. The van der Waals surface area contributed by atoms with Crippen LogP contribution < -0.4 is 20.1 Å². The van der Waals surface area contributed by atoms with E-state index in [9.17, 15) is 0 Å². The molecule has 1 atom stereocenters. The summed E-state index contributed by atoms with van der Waals surface area (Å²) in [6.07, 6.45) is 3.38. The standard InChI is InChI=1S/C21H36N4O3.HI/c1-17(28-20-8-6-19(27-4)7-9-20)16-23-21(22-2)24-18-10-13-25(14-11-18)12-5-15-26-3;/h6-9,17-18H,5,10-16H2,1-4H3,(H2,22,23,24);1H. The third-order valence-electron chi connectivity index (χ3n) is 4.93. The normalized spacial score (nSPS) is 16.6. The van der Waals surface area contributed by atoms with E-state index in [2.05, 4.69) is 20.5 Å². The van der Waals surface area contributed by atoms with Crippen LogP contribution in [0.1, 0.15) is 26.2 Å². The second-order valence-corrected chi connectivity index (χ2v) is 7.16. The van der Waals surface area contributed by atoms with Gasteiger partial charge in [0.1, 0.15) is 17.6 Å². The van der Waals surface area contributed by atoms with Gasteiger partial charge in [-0.3, -0.25) is 4.99 Å². The molecule has 1 fully saturated rings. The van der Waals surface area contributed by atoms with E-state index in [-0.39, 0.29) is 30.1 Å². The van der Waals surface area contributed by atoms with Crippen LogP contribution in [0.2, 0.25) is 0 Å². The molecule has 1 aliphatic rings. The predicted octanol–water partition coefficient (Wildman–Crippen LogP) is 2.75. The maximum absolute atomic E-state index is 5.94. The zero-order valence-corrected chi connectivity index (χ0v) is 20.5. The lowest BCUT2D eigenvalue weighted by Gasteiger charge is -2.33. The van der Waals surface area contributed by atoms with Gasteiger partial charge in [-0.1, -0.05) is 0 Å². The highest BCUT2D eigenvalue weighted by atomic mass is 127. The number of ether oxygens (including phenoxy) is 3. The van der Waals surface area contributed by atoms with Gasteiger partial charge >= 0.3 is 0 Å². The molecule has 0 aliphatic carbocycles. The minimum Gasteiger partial charge on any atom is -0.497 e. The first kappa shape index (κ1) is 25.8. The molecule has 1 unspecified atom stereocenters. The van der Waals surface area contributed by atoms with E-state index < -0.39 is 0 Å². The average Bonchev–Trinajstić information content (AvgIpc) is 2.73. The Morgan fingerprint density at radius 2 is 1.83 bits per heavy atom. The topological polar surface area (TPSA) is 67.4 Å². The number of rotatable bonds is 10. The number of piperidine rings is 1. The summed E-state index contributed by atoms with van der Waals surface area (Å²) in [6, 6.07) is 8.10. The molecule has 8 heteroatoms. The molecule has 1 aromatic rings. The molecule has 1 saturated heterocycles. The first-order valence-corrected chi connectivity index (χ1v) is 10.1. The van der Waals surface area contributed by atoms with E-state index >= 15 is 0 Å². The van der Waals surface area contributed by atoms with Crippen LogP contribution in [0.15, 0.2) is 29.3 Å². The number of guanidine groups is 1. The Morgan fingerprint density at radius 1 is 1.17 bits per heavy atom. The van der Waals surface area contributed by atoms with Crippen LogP contribution in [0.4, 0.5) is 0 Å². The fraction of sp³-hybridized carbons (Fsp3) is 0.667. The van der Waals surface area contributed by atoms with Crippen molar-refractivity contribution in [3.63, 3.8) is 0 Å². The van der Waals surface area contributed by atoms with E-state index in [1.807, 2.05) is 38.2 Å². The average molecular weight is 520 g/mol. The van der Waals surface area contributed by atoms with E-state index in [0.29, 0.717) is 12.6 Å². The number of halogens is 1. The van der Waals surface area contributed by atoms with Gasteiger partial charge in [0.05, 0.1) is 13.7 Å². The summed E-state index contributed by atoms with van der Waals surface area (Å²) in [4.78, 5) is 6.87. The van der Waals surface area contributed by atoms with Gasteiger partial charge < -0.3 is 29.7 Å². The number of benzene rings is 1. The quantitative estimate of drug-likeness (QED) is 0.214. The molecule has 166 valence electrons. The van der Waals surface area contributed by atoms with Crippen molar-refractivity contribution in [2.75, 3.05) is 54.1 Å². The van der Waals surface area contributed by atoms with Gasteiger partial charge in [-0.25, -0.2) is 0 Å². The van der Waals surface area contributed by atoms with Gasteiger partial charge in [-0.2, -0.15) is 0 Å². The van der Waals surface area contributed by atoms with Crippen molar-refractivity contribution in [2.24, 2.45) is 4.99 Å². The highest BCUT2D eigenvalue weighted by Gasteiger charge is 2.19. The first-order chi connectivity index (χ1) is 13.6. The summed E-state index contributed by atoms with van der Waals surface area (Å²) in [7, 11) is 5.23. The lowest BCUT2D eigenvalue weighted by atomic mass is 10.1. The van der Waals surface area contributed by atoms with Crippen LogP contribution >= 0.6 is 24.0 Å². The van der Waals surface area contributed by atoms with Crippen molar-refractivity contribution >= 4 is 29.9 Å². The Hall–Kier alpha value is -1.26. The summed E-state index contributed by atoms with van der Waals surface area (Å²) in [6.45, 7) is 6.93. The molecule has 0 aromatic heterocycles. The molecule has 0 radical (unpaired) electrons. The van der Waals surface area contributed by atoms with Gasteiger partial charge in [0.15, 0.2) is 5.96 Å². The summed E-state index contributed by atoms with van der Waals surface area (Å²) in [5, 5.41) is 6.91. The fourth-order valence-electron chi connectivity index (χ4n) is 3.29. The van der Waals surface area contributed by atoms with Crippen LogP contribution in [-0.4, -0.2) is 77.1 Å². The number of hydrogen-bond acceptors (Lipinski definition) is 5. The van der Waals surface area contributed by atoms with Crippen molar-refractivity contribution in [3.05, 3.63) is 24.3 Å². The van der Waals surface area contributed by atoms with Gasteiger partial charge in [-0.05, 0) is 50.5 Å². The predicted molar refractivity (Wildman–Crippen MR) is 129 cm³/mol. The van der Waals surface area contributed by atoms with Crippen LogP contribution in [0, 0.1) is 0 Å². The first-order valence-electron chi connectivity index (χ1n) is 10.1. The minimum atomic E-state index is 0. The maximum atomic E-state index is 5.94. The van der Waals surface area contributed by atoms with Crippen molar-refractivity contribution in [2.45, 2.75) is 38.3 Å². The number of likely N-dealkylation sites (tertiary alicyclic amines) is 1. The third-order valence-corrected chi connectivity index (χ3v) is 4.93. The summed E-state index contributed by atoms with van der Waals surface area (Å²) >= 11 is 0. The lowest BCUT2D eigenvalue weighted by Crippen LogP contribution is -2.50. The Labute approximate surface area is 192 Å². The SMILES string of the molecule is CN=C(NCC(C)Oc1ccc(OC)cc1)NC1CCN(CCCOC)CC1.I. The summed E-state index contributed by atoms with van der Waals surface area (Å²) in [5.74, 6) is 2.49. The molecule has 0 spiro atoms. The van der Waals surface area contributed by atoms with E-state index in [0.717, 1.165) is 63.0 Å². The molecular formula is C21H37IN4O3. The van der Waals surface area contributed by atoms with E-state index in [4.69, 9.17) is 14.2 Å². The van der Waals surface area contributed by atoms with Crippen LogP contribution in [-0.2, 0) is 4.74 Å². The fourth-order valence-corrected chi connectivity index (χ4v) is 3.29. The van der Waals surface area contributed by atoms with Gasteiger partial charge in [0.2, 0.25) is 0 Å². The molecule has 0 bridgehead atoms. The smallest absolute Gasteiger partial charge is 0.191 e. The number of aliphatic imine (C=N–C) groups is 1.